The average Bonchev–Trinajstić information content (AvgIpc) is 3.89. The van der Waals surface area contributed by atoms with E-state index in [-0.39, 0.29) is 29.5 Å². The van der Waals surface area contributed by atoms with E-state index >= 15 is 0 Å². The molecule has 4 unspecified atom stereocenters. The van der Waals surface area contributed by atoms with Gasteiger partial charge in [-0.15, -0.1) is 9.42 Å². The molecule has 0 radical (unpaired) electrons. The minimum Gasteiger partial charge on any atom is -0.394 e. The van der Waals surface area contributed by atoms with Crippen molar-refractivity contribution in [3.05, 3.63) is 71.1 Å². The van der Waals surface area contributed by atoms with E-state index < -0.39 is 76.7 Å². The number of rotatable bonds is 12. The number of carbonyl (C=O) groups is 1. The topological polar surface area (TPSA) is 257 Å². The summed E-state index contributed by atoms with van der Waals surface area (Å²) in [7, 11) is -6.94. The second-order valence-electron chi connectivity index (χ2n) is 12.8. The van der Waals surface area contributed by atoms with E-state index in [1.807, 2.05) is 0 Å². The van der Waals surface area contributed by atoms with Crippen LogP contribution < -0.4 is 10.9 Å². The molecule has 0 saturated carbocycles. The molecule has 2 aliphatic heterocycles. The number of nitrogens with one attached hydrogen (secondary N) is 2. The third-order valence-electron chi connectivity index (χ3n) is 9.25. The number of hydrogen-bond acceptors (Lipinski definition) is 15. The largest absolute Gasteiger partial charge is 0.695 e. The van der Waals surface area contributed by atoms with Crippen LogP contribution in [0.25, 0.3) is 22.3 Å². The zero-order valence-corrected chi connectivity index (χ0v) is 30.5. The van der Waals surface area contributed by atoms with E-state index in [1.165, 1.54) is 30.2 Å². The molecule has 4 N–H and O–H groups in total. The SMILES string of the molecule is Cc1nc2c(ncn2[C@@H]2O[C@H](COP(C)(=O)O[C@@H]3C(C)[C@H](n4cnc5c(NC(=O)c6ccccc6)ncnc54)O[C@@H]3CO)C(C)[C@@H]2O[P+](=O)O)c(=O)[nH]1. The Kier molecular flexibility index (Phi) is 10.3. The molecule has 22 heteroatoms. The van der Waals surface area contributed by atoms with Crippen LogP contribution in [-0.4, -0.2) is 99.2 Å². The molecule has 5 aromatic rings. The van der Waals surface area contributed by atoms with Crippen LogP contribution in [0, 0.1) is 18.8 Å². The Hall–Kier alpha value is -4.36. The van der Waals surface area contributed by atoms with Crippen molar-refractivity contribution in [3.63, 3.8) is 0 Å². The molecule has 10 atom stereocenters. The van der Waals surface area contributed by atoms with E-state index in [9.17, 15) is 28.7 Å². The van der Waals surface area contributed by atoms with Crippen LogP contribution in [0.2, 0.25) is 0 Å². The first-order chi connectivity index (χ1) is 25.3. The van der Waals surface area contributed by atoms with Gasteiger partial charge >= 0.3 is 15.9 Å². The van der Waals surface area contributed by atoms with E-state index in [0.717, 1.165) is 0 Å². The van der Waals surface area contributed by atoms with Crippen molar-refractivity contribution in [2.75, 3.05) is 25.2 Å². The number of imidazole rings is 2. The maximum atomic E-state index is 13.8. The number of aromatic nitrogens is 8. The maximum absolute atomic E-state index is 13.8. The van der Waals surface area contributed by atoms with Crippen molar-refractivity contribution in [3.8, 4) is 0 Å². The summed E-state index contributed by atoms with van der Waals surface area (Å²) in [5.74, 6) is -0.954. The van der Waals surface area contributed by atoms with Crippen molar-refractivity contribution < 1.29 is 47.0 Å². The number of hydrogen-bond donors (Lipinski definition) is 4. The number of fused-ring (bicyclic) bond motifs is 2. The van der Waals surface area contributed by atoms with E-state index in [2.05, 4.69) is 35.2 Å². The summed E-state index contributed by atoms with van der Waals surface area (Å²) in [6, 6.07) is 8.63. The summed E-state index contributed by atoms with van der Waals surface area (Å²) in [5.41, 5.74) is 0.844. The first-order valence-electron chi connectivity index (χ1n) is 16.5. The first kappa shape index (κ1) is 37.0. The van der Waals surface area contributed by atoms with E-state index in [0.29, 0.717) is 22.6 Å². The first-order valence-corrected chi connectivity index (χ1v) is 19.6. The summed E-state index contributed by atoms with van der Waals surface area (Å²) < 4.78 is 58.3. The Labute approximate surface area is 301 Å². The molecule has 1 amide bonds. The molecule has 6 heterocycles. The molecule has 0 bridgehead atoms. The van der Waals surface area contributed by atoms with Gasteiger partial charge in [0.2, 0.25) is 0 Å². The highest BCUT2D eigenvalue weighted by Crippen LogP contribution is 2.52. The lowest BCUT2D eigenvalue weighted by Crippen LogP contribution is -2.31. The van der Waals surface area contributed by atoms with Crippen LogP contribution in [0.15, 0.2) is 54.1 Å². The number of H-pyrrole nitrogens is 1. The molecular formula is C31H36N9O11P2+. The summed E-state index contributed by atoms with van der Waals surface area (Å²) in [6.07, 6.45) is -1.38. The third-order valence-corrected chi connectivity index (χ3v) is 10.9. The van der Waals surface area contributed by atoms with Gasteiger partial charge in [0.15, 0.2) is 40.5 Å². The Morgan fingerprint density at radius 2 is 1.70 bits per heavy atom. The zero-order chi connectivity index (χ0) is 37.6. The molecular weight excluding hydrogens is 736 g/mol. The monoisotopic (exact) mass is 772 g/mol. The van der Waals surface area contributed by atoms with Crippen molar-refractivity contribution in [2.24, 2.45) is 11.8 Å². The van der Waals surface area contributed by atoms with Crippen LogP contribution in [0.5, 0.6) is 0 Å². The van der Waals surface area contributed by atoms with Gasteiger partial charge in [-0.1, -0.05) is 32.0 Å². The molecule has 2 saturated heterocycles. The fraction of sp³-hybridized carbons (Fsp3) is 0.452. The molecule has 280 valence electrons. The standard InChI is InChI=1S/C31H35N9O11P2/c1-15-20(49-31(24(15)50-52(44)45)40-14-35-22-27(40)36-17(3)37-29(22)43)11-47-53(4,46)51-23-16(2)30(48-19(23)10-41)39-13-34-21-25(32-12-33-26(21)39)38-28(42)18-8-6-5-7-9-18/h5-9,12-16,19-20,23-24,30-31,41H,10-11H2,1-4H3,(H2-,32,33,36,37,38,42,43,44,45)/p+1/t15?,16?,19-,20-,23-,24+,30-,31-,53?/m1/s1. The van der Waals surface area contributed by atoms with Crippen molar-refractivity contribution in [1.29, 1.82) is 0 Å². The average molecular weight is 773 g/mol. The van der Waals surface area contributed by atoms with E-state index in [4.69, 9.17) is 23.0 Å². The maximum Gasteiger partial charge on any atom is 0.695 e. The van der Waals surface area contributed by atoms with Crippen molar-refractivity contribution in [1.82, 2.24) is 39.0 Å². The second-order valence-corrected chi connectivity index (χ2v) is 15.5. The quantitative estimate of drug-likeness (QED) is 0.133. The highest BCUT2D eigenvalue weighted by Gasteiger charge is 2.51. The molecule has 2 fully saturated rings. The predicted molar refractivity (Wildman–Crippen MR) is 185 cm³/mol. The van der Waals surface area contributed by atoms with Crippen LogP contribution in [0.1, 0.15) is 42.5 Å². The van der Waals surface area contributed by atoms with Gasteiger partial charge in [0.05, 0.1) is 32.0 Å². The van der Waals surface area contributed by atoms with Gasteiger partial charge in [0.25, 0.3) is 11.5 Å². The van der Waals surface area contributed by atoms with Crippen LogP contribution in [0.4, 0.5) is 5.82 Å². The summed E-state index contributed by atoms with van der Waals surface area (Å²) in [4.78, 5) is 58.9. The van der Waals surface area contributed by atoms with Gasteiger partial charge < -0.3 is 33.9 Å². The fourth-order valence-electron chi connectivity index (χ4n) is 6.61. The van der Waals surface area contributed by atoms with Gasteiger partial charge in [-0.2, -0.15) is 0 Å². The molecule has 53 heavy (non-hydrogen) atoms. The summed E-state index contributed by atoms with van der Waals surface area (Å²) in [5, 5.41) is 13.0. The lowest BCUT2D eigenvalue weighted by molar-refractivity contribution is -0.0498. The van der Waals surface area contributed by atoms with Gasteiger partial charge in [-0.05, 0) is 19.1 Å². The zero-order valence-electron chi connectivity index (χ0n) is 28.7. The summed E-state index contributed by atoms with van der Waals surface area (Å²) in [6.45, 7) is 5.63. The minimum atomic E-state index is -3.89. The molecule has 7 rings (SSSR count). The third kappa shape index (κ3) is 7.29. The van der Waals surface area contributed by atoms with Crippen LogP contribution in [-0.2, 0) is 32.2 Å². The van der Waals surface area contributed by atoms with Gasteiger partial charge in [-0.3, -0.25) is 23.3 Å². The Morgan fingerprint density at radius 3 is 2.42 bits per heavy atom. The molecule has 1 aromatic carbocycles. The number of aromatic amines is 1. The molecule has 4 aromatic heterocycles. The molecule has 0 spiro atoms. The number of aryl methyl sites for hydroxylation is 1. The number of aliphatic hydroxyl groups excluding tert-OH is 1. The number of carbonyl (C=O) groups excluding carboxylic acids is 1. The van der Waals surface area contributed by atoms with Crippen molar-refractivity contribution in [2.45, 2.75) is 57.6 Å². The lowest BCUT2D eigenvalue weighted by atomic mass is 10.0. The number of benzene rings is 1. The Bertz CT molecular complexity index is 2270. The van der Waals surface area contributed by atoms with Gasteiger partial charge in [-0.25, -0.2) is 24.9 Å². The predicted octanol–water partition coefficient (Wildman–Crippen LogP) is 2.84. The molecule has 20 nitrogen and oxygen atoms in total. The highest BCUT2D eigenvalue weighted by atomic mass is 31.2. The van der Waals surface area contributed by atoms with E-state index in [1.54, 1.807) is 55.7 Å². The second kappa shape index (κ2) is 14.8. The lowest BCUT2D eigenvalue weighted by Gasteiger charge is -2.26. The highest BCUT2D eigenvalue weighted by molar-refractivity contribution is 7.53. The Balaban J connectivity index is 1.05. The fourth-order valence-corrected chi connectivity index (χ4v) is 8.36. The normalized spacial score (nSPS) is 27.3. The molecule has 2 aliphatic rings. The van der Waals surface area contributed by atoms with Crippen LogP contribution >= 0.6 is 15.9 Å². The Morgan fingerprint density at radius 1 is 1.00 bits per heavy atom. The minimum absolute atomic E-state index is 0.0428. The number of ether oxygens (including phenoxy) is 2. The number of nitrogens with zero attached hydrogens (tertiary/aromatic N) is 7. The number of aliphatic hydroxyl groups is 1. The summed E-state index contributed by atoms with van der Waals surface area (Å²) >= 11 is 0. The smallest absolute Gasteiger partial charge is 0.394 e. The number of amides is 1. The molecule has 0 aliphatic carbocycles. The van der Waals surface area contributed by atoms with Gasteiger partial charge in [0.1, 0.15) is 30.6 Å². The number of anilines is 1. The van der Waals surface area contributed by atoms with Crippen molar-refractivity contribution >= 4 is 49.9 Å². The van der Waals surface area contributed by atoms with Gasteiger partial charge in [0, 0.05) is 28.6 Å². The van der Waals surface area contributed by atoms with Crippen LogP contribution in [0.3, 0.4) is 0 Å².